The molecule has 1 N–H and O–H groups in total. The van der Waals surface area contributed by atoms with Crippen LogP contribution >= 0.6 is 34.8 Å². The van der Waals surface area contributed by atoms with Crippen LogP contribution in [0, 0.1) is 12.8 Å². The zero-order chi connectivity index (χ0) is 28.8. The molecule has 0 aliphatic rings. The van der Waals surface area contributed by atoms with E-state index in [0.29, 0.717) is 27.4 Å². The lowest BCUT2D eigenvalue weighted by atomic mass is 9.97. The summed E-state index contributed by atoms with van der Waals surface area (Å²) >= 11 is 18.3. The van der Waals surface area contributed by atoms with E-state index in [1.54, 1.807) is 12.1 Å². The summed E-state index contributed by atoms with van der Waals surface area (Å²) < 4.78 is 11.9. The van der Waals surface area contributed by atoms with Gasteiger partial charge in [0.05, 0.1) is 21.8 Å². The lowest BCUT2D eigenvalue weighted by Crippen LogP contribution is -2.20. The number of benzene rings is 2. The highest BCUT2D eigenvalue weighted by atomic mass is 35.5. The molecule has 1 aromatic heterocycles. The van der Waals surface area contributed by atoms with Crippen LogP contribution in [-0.4, -0.2) is 21.8 Å². The fourth-order valence-electron chi connectivity index (χ4n) is 3.26. The maximum absolute atomic E-state index is 12.1. The topological polar surface area (TPSA) is 86.4 Å². The lowest BCUT2D eigenvalue weighted by Gasteiger charge is -2.13. The molecule has 0 saturated heterocycles. The molecule has 38 heavy (non-hydrogen) atoms. The molecule has 1 unspecified atom stereocenters. The average molecular weight is 585 g/mol. The number of halogens is 3. The third-order valence-electron chi connectivity index (χ3n) is 5.39. The summed E-state index contributed by atoms with van der Waals surface area (Å²) in [4.78, 5) is 23.8. The highest BCUT2D eigenvalue weighted by Crippen LogP contribution is 2.33. The van der Waals surface area contributed by atoms with Crippen LogP contribution in [0.5, 0.6) is 5.75 Å². The van der Waals surface area contributed by atoms with Gasteiger partial charge in [0.1, 0.15) is 5.75 Å². The predicted molar refractivity (Wildman–Crippen MR) is 155 cm³/mol. The Morgan fingerprint density at radius 3 is 2.26 bits per heavy atom. The Morgan fingerprint density at radius 1 is 1.08 bits per heavy atom. The van der Waals surface area contributed by atoms with E-state index in [1.165, 1.54) is 6.07 Å². The van der Waals surface area contributed by atoms with Gasteiger partial charge in [-0.05, 0) is 51.0 Å². The molecule has 3 rings (SSSR count). The van der Waals surface area contributed by atoms with Gasteiger partial charge in [-0.3, -0.25) is 4.79 Å². The van der Waals surface area contributed by atoms with Gasteiger partial charge in [0, 0.05) is 28.1 Å². The van der Waals surface area contributed by atoms with Gasteiger partial charge in [0.15, 0.2) is 0 Å². The summed E-state index contributed by atoms with van der Waals surface area (Å²) in [6.45, 7) is 15.4. The second-order valence-electron chi connectivity index (χ2n) is 10.4. The zero-order valence-electron chi connectivity index (χ0n) is 23.1. The van der Waals surface area contributed by atoms with E-state index >= 15 is 0 Å². The molecule has 3 aromatic rings. The number of ether oxygens (including phenoxy) is 1. The van der Waals surface area contributed by atoms with E-state index < -0.39 is 5.76 Å². The first-order chi connectivity index (χ1) is 17.6. The van der Waals surface area contributed by atoms with Crippen LogP contribution in [0.1, 0.15) is 72.8 Å². The van der Waals surface area contributed by atoms with Crippen molar-refractivity contribution in [1.82, 2.24) is 9.78 Å². The minimum atomic E-state index is -0.607. The van der Waals surface area contributed by atoms with Crippen molar-refractivity contribution in [1.29, 1.82) is 0 Å². The summed E-state index contributed by atoms with van der Waals surface area (Å²) in [5.74, 6) is 0.259. The molecule has 208 valence electrons. The fourth-order valence-corrected chi connectivity index (χ4v) is 3.95. The predicted octanol–water partition coefficient (Wildman–Crippen LogP) is 8.24. The third kappa shape index (κ3) is 8.79. The molecule has 7 nitrogen and oxygen atoms in total. The van der Waals surface area contributed by atoms with E-state index in [4.69, 9.17) is 44.0 Å². The van der Waals surface area contributed by atoms with Crippen LogP contribution in [0.3, 0.4) is 0 Å². The van der Waals surface area contributed by atoms with E-state index in [9.17, 15) is 9.59 Å². The number of nitrogens with one attached hydrogen (secondary N) is 1. The molecule has 2 aromatic carbocycles. The van der Waals surface area contributed by atoms with Crippen LogP contribution < -0.4 is 15.8 Å². The van der Waals surface area contributed by atoms with Gasteiger partial charge in [-0.2, -0.15) is 4.68 Å². The number of hydrogen-bond donors (Lipinski definition) is 1. The molecule has 1 amide bonds. The minimum Gasteiger partial charge on any atom is -0.489 e. The Kier molecular flexibility index (Phi) is 11.3. The second-order valence-corrected chi connectivity index (χ2v) is 11.6. The van der Waals surface area contributed by atoms with Gasteiger partial charge >= 0.3 is 5.76 Å². The number of amides is 1. The van der Waals surface area contributed by atoms with Crippen LogP contribution in [0.2, 0.25) is 15.1 Å². The summed E-state index contributed by atoms with van der Waals surface area (Å²) in [5, 5.41) is 8.43. The van der Waals surface area contributed by atoms with Gasteiger partial charge in [-0.1, -0.05) is 81.9 Å². The van der Waals surface area contributed by atoms with Gasteiger partial charge in [0.2, 0.25) is 11.8 Å². The number of rotatable bonds is 7. The van der Waals surface area contributed by atoms with E-state index in [1.807, 2.05) is 60.6 Å². The minimum absolute atomic E-state index is 0.0464. The molecule has 10 heteroatoms. The molecule has 0 fully saturated rings. The van der Waals surface area contributed by atoms with Crippen molar-refractivity contribution < 1.29 is 13.9 Å². The largest absolute Gasteiger partial charge is 0.489 e. The number of nitrogens with zero attached hydrogens (tertiary/aromatic N) is 2. The van der Waals surface area contributed by atoms with Crippen molar-refractivity contribution >= 4 is 46.4 Å². The standard InChI is InChI=1S/C15H18Cl2N2O3.C13H18ClNO/c1-8(2)21-12-7-11(9(16)6-10(12)17)19-14(20)22-13(18-19)15(3,4)5;1-4-5-10(3)13(16)15-11-7-6-9(2)12(14)8-11/h6-8H,1-5H3;6-8,10H,4-5H2,1-3H3,(H,15,16). The van der Waals surface area contributed by atoms with Crippen molar-refractivity contribution in [2.24, 2.45) is 5.92 Å². The number of carbonyl (C=O) groups is 1. The van der Waals surface area contributed by atoms with Gasteiger partial charge < -0.3 is 14.5 Å². The van der Waals surface area contributed by atoms with Crippen molar-refractivity contribution in [3.05, 3.63) is 67.4 Å². The number of carbonyl (C=O) groups excluding carboxylic acids is 1. The SMILES string of the molecule is CC(C)Oc1cc(-n2nc(C(C)(C)C)oc2=O)c(Cl)cc1Cl.CCCC(C)C(=O)Nc1ccc(C)c(Cl)c1. The van der Waals surface area contributed by atoms with Crippen LogP contribution in [0.4, 0.5) is 5.69 Å². The number of aromatic nitrogens is 2. The normalized spacial score (nSPS) is 12.1. The molecule has 0 radical (unpaired) electrons. The molecular weight excluding hydrogens is 549 g/mol. The molecule has 1 heterocycles. The Balaban J connectivity index is 0.000000281. The Labute approximate surface area is 239 Å². The van der Waals surface area contributed by atoms with Crippen molar-refractivity contribution in [3.8, 4) is 11.4 Å². The molecule has 0 saturated carbocycles. The summed E-state index contributed by atoms with van der Waals surface area (Å²) in [5.41, 5.74) is 1.76. The number of hydrogen-bond acceptors (Lipinski definition) is 5. The summed E-state index contributed by atoms with van der Waals surface area (Å²) in [6, 6.07) is 8.67. The summed E-state index contributed by atoms with van der Waals surface area (Å²) in [6.07, 6.45) is 1.86. The van der Waals surface area contributed by atoms with E-state index in [2.05, 4.69) is 17.3 Å². The molecular formula is C28H36Cl3N3O4. The Morgan fingerprint density at radius 2 is 1.74 bits per heavy atom. The van der Waals surface area contributed by atoms with Crippen LogP contribution in [0.15, 0.2) is 39.5 Å². The van der Waals surface area contributed by atoms with Crippen molar-refractivity contribution in [2.45, 2.75) is 79.8 Å². The molecule has 0 aliphatic heterocycles. The monoisotopic (exact) mass is 583 g/mol. The first kappa shape index (κ1) is 31.7. The van der Waals surface area contributed by atoms with Crippen LogP contribution in [0.25, 0.3) is 5.69 Å². The first-order valence-electron chi connectivity index (χ1n) is 12.5. The maximum Gasteiger partial charge on any atom is 0.442 e. The van der Waals surface area contributed by atoms with Crippen molar-refractivity contribution in [2.75, 3.05) is 5.32 Å². The quantitative estimate of drug-likeness (QED) is 0.302. The van der Waals surface area contributed by atoms with Gasteiger partial charge in [-0.15, -0.1) is 5.10 Å². The second kappa shape index (κ2) is 13.5. The van der Waals surface area contributed by atoms with E-state index in [0.717, 1.165) is 28.8 Å². The number of aryl methyl sites for hydroxylation is 1. The number of anilines is 1. The summed E-state index contributed by atoms with van der Waals surface area (Å²) in [7, 11) is 0. The lowest BCUT2D eigenvalue weighted by molar-refractivity contribution is -0.119. The van der Waals surface area contributed by atoms with E-state index in [-0.39, 0.29) is 28.4 Å². The highest BCUT2D eigenvalue weighted by Gasteiger charge is 2.24. The molecule has 1 atom stereocenters. The highest BCUT2D eigenvalue weighted by molar-refractivity contribution is 6.36. The fraction of sp³-hybridized carbons (Fsp3) is 0.464. The maximum atomic E-state index is 12.1. The van der Waals surface area contributed by atoms with Gasteiger partial charge in [-0.25, -0.2) is 4.79 Å². The van der Waals surface area contributed by atoms with Crippen molar-refractivity contribution in [3.63, 3.8) is 0 Å². The smallest absolute Gasteiger partial charge is 0.442 e. The Hall–Kier alpha value is -2.48. The molecule has 0 bridgehead atoms. The first-order valence-corrected chi connectivity index (χ1v) is 13.6. The zero-order valence-corrected chi connectivity index (χ0v) is 25.4. The average Bonchev–Trinajstić information content (AvgIpc) is 3.20. The molecule has 0 spiro atoms. The van der Waals surface area contributed by atoms with Crippen LogP contribution in [-0.2, 0) is 10.2 Å². The molecule has 0 aliphatic carbocycles. The van der Waals surface area contributed by atoms with Gasteiger partial charge in [0.25, 0.3) is 0 Å². The third-order valence-corrected chi connectivity index (χ3v) is 6.40. The Bertz CT molecular complexity index is 1310.